The maximum absolute atomic E-state index is 13.7. The summed E-state index contributed by atoms with van der Waals surface area (Å²) in [5.74, 6) is -0.955. The summed E-state index contributed by atoms with van der Waals surface area (Å²) in [6.45, 7) is 19.2. The van der Waals surface area contributed by atoms with Crippen LogP contribution in [0, 0.1) is 33.3 Å². The lowest BCUT2D eigenvalue weighted by molar-refractivity contribution is -0.384. The number of hydrogen-bond donors (Lipinski definition) is 1. The van der Waals surface area contributed by atoms with Crippen LogP contribution in [0.25, 0.3) is 0 Å². The molecule has 2 aromatic rings. The van der Waals surface area contributed by atoms with Crippen molar-refractivity contribution in [2.45, 2.75) is 104 Å². The van der Waals surface area contributed by atoms with Crippen LogP contribution in [0.15, 0.2) is 42.5 Å². The van der Waals surface area contributed by atoms with E-state index in [-0.39, 0.29) is 39.3 Å². The summed E-state index contributed by atoms with van der Waals surface area (Å²) in [4.78, 5) is 37.7. The van der Waals surface area contributed by atoms with E-state index in [1.165, 1.54) is 31.4 Å². The number of nitro benzene ring substituents is 1. The van der Waals surface area contributed by atoms with Crippen LogP contribution in [0.3, 0.4) is 0 Å². The summed E-state index contributed by atoms with van der Waals surface area (Å²) in [6, 6.07) is 10.9. The number of carbonyl (C=O) groups is 2. The van der Waals surface area contributed by atoms with Crippen molar-refractivity contribution in [3.63, 3.8) is 0 Å². The minimum atomic E-state index is -1.27. The molecule has 254 valence electrons. The van der Waals surface area contributed by atoms with Crippen molar-refractivity contribution >= 4 is 39.1 Å². The quantitative estimate of drug-likeness (QED) is 0.105. The van der Waals surface area contributed by atoms with Crippen LogP contribution in [0.5, 0.6) is 5.75 Å². The largest absolute Gasteiger partial charge is 0.469 e. The Morgan fingerprint density at radius 1 is 1.02 bits per heavy atom. The Bertz CT molecular complexity index is 1400. The summed E-state index contributed by atoms with van der Waals surface area (Å²) < 4.78 is 17.4. The molecule has 0 spiro atoms. The fraction of sp³-hybridized carbons (Fsp3) is 0.600. The fourth-order valence-corrected chi connectivity index (χ4v) is 7.26. The monoisotopic (exact) mass is 674 g/mol. The van der Waals surface area contributed by atoms with E-state index in [9.17, 15) is 19.7 Å². The van der Waals surface area contributed by atoms with Gasteiger partial charge in [-0.1, -0.05) is 65.3 Å². The van der Waals surface area contributed by atoms with Crippen molar-refractivity contribution in [1.29, 1.82) is 0 Å². The highest BCUT2D eigenvalue weighted by Crippen LogP contribution is 2.51. The maximum Gasteiger partial charge on any atom is 0.413 e. The van der Waals surface area contributed by atoms with E-state index in [1.807, 2.05) is 18.2 Å². The number of benzene rings is 2. The molecular formula is C35H51ClN2O7Si. The van der Waals surface area contributed by atoms with Gasteiger partial charge >= 0.3 is 12.1 Å². The number of non-ortho nitro benzene ring substituents is 1. The smallest absolute Gasteiger partial charge is 0.413 e. The van der Waals surface area contributed by atoms with Gasteiger partial charge in [0.25, 0.3) is 5.69 Å². The number of halogens is 1. The molecule has 0 saturated heterocycles. The lowest BCUT2D eigenvalue weighted by atomic mass is 9.58. The molecule has 1 fully saturated rings. The van der Waals surface area contributed by atoms with E-state index in [0.29, 0.717) is 10.6 Å². The first-order valence-corrected chi connectivity index (χ1v) is 17.6. The van der Waals surface area contributed by atoms with E-state index >= 15 is 0 Å². The van der Waals surface area contributed by atoms with Gasteiger partial charge in [-0.25, -0.2) is 4.79 Å². The van der Waals surface area contributed by atoms with Crippen molar-refractivity contribution in [2.24, 2.45) is 23.2 Å². The molecule has 3 rings (SSSR count). The first-order valence-electron chi connectivity index (χ1n) is 15.9. The van der Waals surface area contributed by atoms with Crippen molar-refractivity contribution in [3.05, 3.63) is 68.7 Å². The molecule has 1 N–H and O–H groups in total. The van der Waals surface area contributed by atoms with Crippen LogP contribution >= 0.6 is 11.6 Å². The molecule has 11 heteroatoms. The minimum absolute atomic E-state index is 0.111. The fourth-order valence-electron chi connectivity index (χ4n) is 5.94. The molecule has 1 saturated carbocycles. The topological polar surface area (TPSA) is 117 Å². The molecule has 0 heterocycles. The van der Waals surface area contributed by atoms with E-state index < -0.39 is 38.2 Å². The average molecular weight is 675 g/mol. The summed E-state index contributed by atoms with van der Waals surface area (Å²) in [6.07, 6.45) is 2.35. The molecule has 1 unspecified atom stereocenters. The van der Waals surface area contributed by atoms with E-state index in [1.54, 1.807) is 6.92 Å². The molecule has 46 heavy (non-hydrogen) atoms. The average Bonchev–Trinajstić information content (AvgIpc) is 2.91. The van der Waals surface area contributed by atoms with Crippen molar-refractivity contribution in [2.75, 3.05) is 7.11 Å². The zero-order valence-electron chi connectivity index (χ0n) is 29.0. The predicted octanol–water partition coefficient (Wildman–Crippen LogP) is 8.14. The molecule has 2 atom stereocenters. The van der Waals surface area contributed by atoms with E-state index in [4.69, 9.17) is 25.5 Å². The maximum atomic E-state index is 13.7. The lowest BCUT2D eigenvalue weighted by Gasteiger charge is -2.51. The number of ether oxygens (including phenoxy) is 2. The van der Waals surface area contributed by atoms with Crippen LogP contribution in [0.4, 0.5) is 10.5 Å². The van der Waals surface area contributed by atoms with Gasteiger partial charge in [-0.05, 0) is 98.1 Å². The summed E-state index contributed by atoms with van der Waals surface area (Å²) >= 11 is 6.84. The predicted molar refractivity (Wildman–Crippen MR) is 184 cm³/mol. The van der Waals surface area contributed by atoms with Crippen molar-refractivity contribution in [1.82, 2.24) is 5.32 Å². The zero-order valence-corrected chi connectivity index (χ0v) is 31.2. The summed E-state index contributed by atoms with van der Waals surface area (Å²) in [5.41, 5.74) is 0.0268. The van der Waals surface area contributed by atoms with Crippen molar-refractivity contribution < 1.29 is 28.4 Å². The second-order valence-electron chi connectivity index (χ2n) is 15.7. The third kappa shape index (κ3) is 9.78. The number of amides is 1. The third-order valence-electron chi connectivity index (χ3n) is 9.00. The van der Waals surface area contributed by atoms with Crippen LogP contribution in [-0.4, -0.2) is 39.5 Å². The Hall–Kier alpha value is -2.95. The van der Waals surface area contributed by atoms with Gasteiger partial charge in [0, 0.05) is 17.2 Å². The highest BCUT2D eigenvalue weighted by atomic mass is 35.5. The summed E-state index contributed by atoms with van der Waals surface area (Å²) in [7, 11) is 0.564. The number of hydrogen-bond acceptors (Lipinski definition) is 7. The van der Waals surface area contributed by atoms with Crippen LogP contribution in [0.2, 0.25) is 10.1 Å². The molecule has 1 aliphatic carbocycles. The highest BCUT2D eigenvalue weighted by molar-refractivity contribution is 6.32. The minimum Gasteiger partial charge on any atom is -0.469 e. The second kappa shape index (κ2) is 14.4. The van der Waals surface area contributed by atoms with Gasteiger partial charge in [0.05, 0.1) is 29.1 Å². The first-order chi connectivity index (χ1) is 21.1. The Balaban J connectivity index is 1.97. The van der Waals surface area contributed by atoms with Gasteiger partial charge in [0.2, 0.25) is 0 Å². The Morgan fingerprint density at radius 2 is 1.63 bits per heavy atom. The number of rotatable bonds is 12. The molecular weight excluding hydrogens is 624 g/mol. The van der Waals surface area contributed by atoms with Crippen LogP contribution < -0.4 is 10.1 Å². The number of nitrogens with one attached hydrogen (secondary N) is 1. The molecule has 1 amide bonds. The number of aryl methyl sites for hydroxylation is 1. The molecule has 0 bridgehead atoms. The van der Waals surface area contributed by atoms with Gasteiger partial charge in [0.1, 0.15) is 5.75 Å². The molecule has 9 nitrogen and oxygen atoms in total. The molecule has 0 aliphatic heterocycles. The van der Waals surface area contributed by atoms with Gasteiger partial charge < -0.3 is 19.2 Å². The zero-order chi connectivity index (χ0) is 34.7. The lowest BCUT2D eigenvalue weighted by Crippen LogP contribution is -2.58. The first kappa shape index (κ1) is 37.5. The van der Waals surface area contributed by atoms with Gasteiger partial charge in [-0.15, -0.1) is 0 Å². The standard InChI is InChI=1S/C35H51ClN2O7Si/c1-32(2,3)18-17-22-11-12-24(21-28(22)36)35(9,37-31(40)44-27-15-13-26(14-16-27)38(41)42)29(30(39)43-10)23-19-25(20-23)34(7,8)45-46-33(4,5)6/h11-16,21,23,25,29H,17-20,46H2,1-10H3,(H,37,40)/t23?,25?,29-,35?/m0/s1. The van der Waals surface area contributed by atoms with Crippen LogP contribution in [0.1, 0.15) is 92.7 Å². The molecule has 0 aromatic heterocycles. The Labute approximate surface area is 281 Å². The SMILES string of the molecule is COC(=O)[C@H](C1CC(C(C)(C)O[SiH2]C(C)(C)C)C1)C(C)(NC(=O)Oc1ccc([N+](=O)[O-])cc1)c1ccc(CCC(C)(C)C)c(Cl)c1. The van der Waals surface area contributed by atoms with Gasteiger partial charge in [-0.3, -0.25) is 14.9 Å². The number of esters is 1. The normalized spacial score (nSPS) is 19.2. The number of methoxy groups -OCH3 is 1. The molecule has 0 radical (unpaired) electrons. The Kier molecular flexibility index (Phi) is 11.8. The molecule has 2 aromatic carbocycles. The molecule has 1 aliphatic rings. The third-order valence-corrected chi connectivity index (χ3v) is 11.1. The van der Waals surface area contributed by atoms with Gasteiger partial charge in [0.15, 0.2) is 9.76 Å². The number of carbonyl (C=O) groups excluding carboxylic acids is 2. The van der Waals surface area contributed by atoms with E-state index in [0.717, 1.165) is 31.2 Å². The number of nitrogens with zero attached hydrogens (tertiary/aromatic N) is 1. The summed E-state index contributed by atoms with van der Waals surface area (Å²) in [5, 5.41) is 14.8. The van der Waals surface area contributed by atoms with Gasteiger partial charge in [-0.2, -0.15) is 0 Å². The number of nitro groups is 1. The van der Waals surface area contributed by atoms with E-state index in [2.05, 4.69) is 60.7 Å². The highest BCUT2D eigenvalue weighted by Gasteiger charge is 2.54. The van der Waals surface area contributed by atoms with Crippen LogP contribution in [-0.2, 0) is 25.9 Å². The second-order valence-corrected chi connectivity index (χ2v) is 18.8. The Morgan fingerprint density at radius 3 is 2.13 bits per heavy atom. The van der Waals surface area contributed by atoms with Crippen molar-refractivity contribution in [3.8, 4) is 5.75 Å².